The van der Waals surface area contributed by atoms with Gasteiger partial charge in [0.1, 0.15) is 10.7 Å². The zero-order chi connectivity index (χ0) is 14.9. The molecule has 1 aromatic carbocycles. The number of rotatable bonds is 4. The zero-order valence-electron chi connectivity index (χ0n) is 11.9. The first kappa shape index (κ1) is 14.8. The van der Waals surface area contributed by atoms with E-state index >= 15 is 0 Å². The summed E-state index contributed by atoms with van der Waals surface area (Å²) in [6.07, 6.45) is 1.97. The summed E-state index contributed by atoms with van der Waals surface area (Å²) in [6, 6.07) is 4.59. The second-order valence-corrected chi connectivity index (χ2v) is 6.09. The summed E-state index contributed by atoms with van der Waals surface area (Å²) >= 11 is 1.32. The fraction of sp³-hybridized carbons (Fsp3) is 0.400. The molecule has 3 nitrogen and oxygen atoms in total. The lowest BCUT2D eigenvalue weighted by Crippen LogP contribution is -2.34. The fourth-order valence-corrected chi connectivity index (χ4v) is 3.31. The molecule has 0 saturated carbocycles. The molecule has 1 heterocycles. The number of halogens is 1. The molecule has 0 saturated heterocycles. The molecule has 2 N–H and O–H groups in total. The molecule has 0 bridgehead atoms. The van der Waals surface area contributed by atoms with Crippen molar-refractivity contribution < 1.29 is 9.18 Å². The standard InChI is InChI=1S/C15H19FN2OS/c1-4-5-9(2)18(3)15(19)14-13(17)11-8-10(16)6-7-12(11)20-14/h6-9H,4-5,17H2,1-3H3. The minimum atomic E-state index is -0.339. The van der Waals surface area contributed by atoms with Crippen LogP contribution >= 0.6 is 11.3 Å². The monoisotopic (exact) mass is 294 g/mol. The lowest BCUT2D eigenvalue weighted by molar-refractivity contribution is 0.0742. The SMILES string of the molecule is CCCC(C)N(C)C(=O)c1sc2ccc(F)cc2c1N. The van der Waals surface area contributed by atoms with Crippen molar-refractivity contribution in [2.24, 2.45) is 0 Å². The number of nitrogens with zero attached hydrogens (tertiary/aromatic N) is 1. The largest absolute Gasteiger partial charge is 0.397 e. The van der Waals surface area contributed by atoms with Crippen molar-refractivity contribution in [1.29, 1.82) is 0 Å². The Morgan fingerprint density at radius 3 is 2.85 bits per heavy atom. The third kappa shape index (κ3) is 2.63. The summed E-state index contributed by atoms with van der Waals surface area (Å²) < 4.78 is 14.1. The minimum absolute atomic E-state index is 0.0925. The number of anilines is 1. The van der Waals surface area contributed by atoms with Gasteiger partial charge in [-0.15, -0.1) is 11.3 Å². The fourth-order valence-electron chi connectivity index (χ4n) is 2.22. The summed E-state index contributed by atoms with van der Waals surface area (Å²) in [5.74, 6) is -0.432. The number of benzene rings is 1. The number of hydrogen-bond donors (Lipinski definition) is 1. The molecule has 1 unspecified atom stereocenters. The average Bonchev–Trinajstić information content (AvgIpc) is 2.74. The van der Waals surface area contributed by atoms with Gasteiger partial charge >= 0.3 is 0 Å². The van der Waals surface area contributed by atoms with Crippen LogP contribution in [-0.4, -0.2) is 23.9 Å². The van der Waals surface area contributed by atoms with Crippen LogP contribution in [0.25, 0.3) is 10.1 Å². The zero-order valence-corrected chi connectivity index (χ0v) is 12.8. The molecule has 0 aliphatic heterocycles. The first-order valence-corrected chi connectivity index (χ1v) is 7.52. The van der Waals surface area contributed by atoms with Crippen LogP contribution in [0.4, 0.5) is 10.1 Å². The van der Waals surface area contributed by atoms with Gasteiger partial charge in [-0.1, -0.05) is 13.3 Å². The third-order valence-electron chi connectivity index (χ3n) is 3.57. The lowest BCUT2D eigenvalue weighted by Gasteiger charge is -2.24. The highest BCUT2D eigenvalue weighted by molar-refractivity contribution is 7.21. The molecule has 2 aromatic rings. The highest BCUT2D eigenvalue weighted by Gasteiger charge is 2.22. The van der Waals surface area contributed by atoms with Crippen molar-refractivity contribution in [2.75, 3.05) is 12.8 Å². The smallest absolute Gasteiger partial charge is 0.266 e. The molecule has 0 fully saturated rings. The molecule has 0 aliphatic rings. The van der Waals surface area contributed by atoms with Crippen molar-refractivity contribution in [3.8, 4) is 0 Å². The Labute approximate surface area is 122 Å². The predicted octanol–water partition coefficient (Wildman–Crippen LogP) is 3.88. The third-order valence-corrected chi connectivity index (χ3v) is 4.75. The maximum Gasteiger partial charge on any atom is 0.266 e. The van der Waals surface area contributed by atoms with Crippen molar-refractivity contribution in [1.82, 2.24) is 4.90 Å². The maximum atomic E-state index is 13.3. The van der Waals surface area contributed by atoms with E-state index < -0.39 is 0 Å². The summed E-state index contributed by atoms with van der Waals surface area (Å²) in [5.41, 5.74) is 6.40. The number of fused-ring (bicyclic) bond motifs is 1. The first-order valence-electron chi connectivity index (χ1n) is 6.70. The van der Waals surface area contributed by atoms with Gasteiger partial charge in [0, 0.05) is 23.2 Å². The Bertz CT molecular complexity index is 638. The molecule has 1 atom stereocenters. The van der Waals surface area contributed by atoms with Gasteiger partial charge in [-0.25, -0.2) is 4.39 Å². The van der Waals surface area contributed by atoms with Gasteiger partial charge in [0.15, 0.2) is 0 Å². The summed E-state index contributed by atoms with van der Waals surface area (Å²) in [4.78, 5) is 14.7. The Morgan fingerprint density at radius 1 is 1.50 bits per heavy atom. The van der Waals surface area contributed by atoms with Crippen LogP contribution in [0, 0.1) is 5.82 Å². The van der Waals surface area contributed by atoms with Crippen molar-refractivity contribution in [3.05, 3.63) is 28.9 Å². The van der Waals surface area contributed by atoms with E-state index in [4.69, 9.17) is 5.73 Å². The van der Waals surface area contributed by atoms with Crippen LogP contribution in [0.15, 0.2) is 18.2 Å². The molecule has 0 spiro atoms. The average molecular weight is 294 g/mol. The van der Waals surface area contributed by atoms with Gasteiger partial charge in [-0.2, -0.15) is 0 Å². The van der Waals surface area contributed by atoms with E-state index in [-0.39, 0.29) is 17.8 Å². The molecule has 0 radical (unpaired) electrons. The van der Waals surface area contributed by atoms with Crippen LogP contribution in [0.3, 0.4) is 0 Å². The van der Waals surface area contributed by atoms with Gasteiger partial charge in [0.2, 0.25) is 0 Å². The van der Waals surface area contributed by atoms with E-state index in [0.717, 1.165) is 17.5 Å². The Kier molecular flexibility index (Phi) is 4.28. The first-order chi connectivity index (χ1) is 9.45. The van der Waals surface area contributed by atoms with Gasteiger partial charge in [-0.05, 0) is 31.5 Å². The van der Waals surface area contributed by atoms with Crippen LogP contribution < -0.4 is 5.73 Å². The summed E-state index contributed by atoms with van der Waals surface area (Å²) in [6.45, 7) is 4.11. The molecule has 1 aromatic heterocycles. The van der Waals surface area contributed by atoms with Crippen LogP contribution in [0.5, 0.6) is 0 Å². The van der Waals surface area contributed by atoms with Crippen LogP contribution in [-0.2, 0) is 0 Å². The highest BCUT2D eigenvalue weighted by Crippen LogP contribution is 2.35. The van der Waals surface area contributed by atoms with Gasteiger partial charge < -0.3 is 10.6 Å². The topological polar surface area (TPSA) is 46.3 Å². The Morgan fingerprint density at radius 2 is 2.20 bits per heavy atom. The van der Waals surface area contributed by atoms with E-state index in [9.17, 15) is 9.18 Å². The van der Waals surface area contributed by atoms with E-state index in [1.165, 1.54) is 23.5 Å². The summed E-state index contributed by atoms with van der Waals surface area (Å²) in [5, 5.41) is 0.620. The summed E-state index contributed by atoms with van der Waals surface area (Å²) in [7, 11) is 1.78. The van der Waals surface area contributed by atoms with Gasteiger partial charge in [0.25, 0.3) is 5.91 Å². The van der Waals surface area contributed by atoms with Crippen LogP contribution in [0.1, 0.15) is 36.4 Å². The Balaban J connectivity index is 2.37. The van der Waals surface area contributed by atoms with E-state index in [1.54, 1.807) is 18.0 Å². The number of nitrogen functional groups attached to an aromatic ring is 1. The second kappa shape index (κ2) is 5.79. The van der Waals surface area contributed by atoms with Crippen molar-refractivity contribution in [3.63, 3.8) is 0 Å². The van der Waals surface area contributed by atoms with Crippen LogP contribution in [0.2, 0.25) is 0 Å². The molecule has 2 rings (SSSR count). The number of hydrogen-bond acceptors (Lipinski definition) is 3. The molecule has 108 valence electrons. The molecular weight excluding hydrogens is 275 g/mol. The normalized spacial score (nSPS) is 12.6. The molecule has 0 aliphatic carbocycles. The van der Waals surface area contributed by atoms with E-state index in [0.29, 0.717) is 16.0 Å². The number of carbonyl (C=O) groups excluding carboxylic acids is 1. The van der Waals surface area contributed by atoms with Gasteiger partial charge in [0.05, 0.1) is 5.69 Å². The number of carbonyl (C=O) groups is 1. The molecule has 1 amide bonds. The molecule has 5 heteroatoms. The van der Waals surface area contributed by atoms with Crippen molar-refractivity contribution in [2.45, 2.75) is 32.7 Å². The van der Waals surface area contributed by atoms with Crippen molar-refractivity contribution >= 4 is 33.0 Å². The second-order valence-electron chi connectivity index (χ2n) is 5.04. The van der Waals surface area contributed by atoms with E-state index in [1.807, 2.05) is 6.92 Å². The lowest BCUT2D eigenvalue weighted by atomic mass is 10.1. The number of thiophene rings is 1. The highest BCUT2D eigenvalue weighted by atomic mass is 32.1. The van der Waals surface area contributed by atoms with E-state index in [2.05, 4.69) is 6.92 Å². The van der Waals surface area contributed by atoms with Gasteiger partial charge in [-0.3, -0.25) is 4.79 Å². The molecular formula is C15H19FN2OS. The molecule has 20 heavy (non-hydrogen) atoms. The quantitative estimate of drug-likeness (QED) is 0.930. The maximum absolute atomic E-state index is 13.3. The number of nitrogens with two attached hydrogens (primary N) is 1. The minimum Gasteiger partial charge on any atom is -0.397 e. The predicted molar refractivity (Wildman–Crippen MR) is 82.7 cm³/mol. The Hall–Kier alpha value is -1.62. The number of amides is 1.